The van der Waals surface area contributed by atoms with E-state index in [9.17, 15) is 4.91 Å². The summed E-state index contributed by atoms with van der Waals surface area (Å²) in [6, 6.07) is 15.7. The van der Waals surface area contributed by atoms with Crippen LogP contribution < -0.4 is 14.8 Å². The molecule has 5 rings (SSSR count). The molecule has 0 radical (unpaired) electrons. The third-order valence-corrected chi connectivity index (χ3v) is 5.31. The van der Waals surface area contributed by atoms with Gasteiger partial charge in [-0.3, -0.25) is 0 Å². The predicted octanol–water partition coefficient (Wildman–Crippen LogP) is 3.42. The summed E-state index contributed by atoms with van der Waals surface area (Å²) < 4.78 is 11.4. The average molecular weight is 374 g/mol. The molecule has 6 nitrogen and oxygen atoms in total. The quantitative estimate of drug-likeness (QED) is 0.561. The van der Waals surface area contributed by atoms with Crippen molar-refractivity contribution in [1.82, 2.24) is 4.98 Å². The van der Waals surface area contributed by atoms with Gasteiger partial charge in [0.15, 0.2) is 0 Å². The van der Waals surface area contributed by atoms with E-state index in [-0.39, 0.29) is 6.10 Å². The van der Waals surface area contributed by atoms with E-state index >= 15 is 0 Å². The largest absolute Gasteiger partial charge is 0.481 e. The van der Waals surface area contributed by atoms with Gasteiger partial charge in [-0.25, -0.2) is 0 Å². The maximum absolute atomic E-state index is 11.1. The summed E-state index contributed by atoms with van der Waals surface area (Å²) in [5.74, 6) is 0.706. The first kappa shape index (κ1) is 16.6. The number of para-hydroxylation sites is 1. The maximum Gasteiger partial charge on any atom is 0.257 e. The predicted molar refractivity (Wildman–Crippen MR) is 107 cm³/mol. The molecule has 0 saturated carbocycles. The third kappa shape index (κ3) is 2.93. The number of rotatable bonds is 5. The highest BCUT2D eigenvalue weighted by Gasteiger charge is 2.28. The second-order valence-electron chi connectivity index (χ2n) is 7.00. The molecule has 2 aromatic heterocycles. The fourth-order valence-electron chi connectivity index (χ4n) is 3.86. The molecular weight excluding hydrogens is 354 g/mol. The van der Waals surface area contributed by atoms with Crippen LogP contribution in [0.3, 0.4) is 0 Å². The number of nitrogens with zero attached hydrogens (tertiary/aromatic N) is 1. The summed E-state index contributed by atoms with van der Waals surface area (Å²) in [6.07, 6.45) is 6.22. The molecule has 2 N–H and O–H groups in total. The molecule has 0 amide bonds. The van der Waals surface area contributed by atoms with Crippen LogP contribution in [-0.2, 0) is 6.42 Å². The Labute approximate surface area is 161 Å². The highest BCUT2D eigenvalue weighted by Crippen LogP contribution is 2.39. The number of aromatic nitrogens is 1. The van der Waals surface area contributed by atoms with Gasteiger partial charge in [-0.15, -0.1) is 0 Å². The van der Waals surface area contributed by atoms with Gasteiger partial charge in [0.1, 0.15) is 11.9 Å². The summed E-state index contributed by atoms with van der Waals surface area (Å²) in [5, 5.41) is 3.20. The first-order valence-corrected chi connectivity index (χ1v) is 9.33. The lowest BCUT2D eigenvalue weighted by atomic mass is 10.1. The van der Waals surface area contributed by atoms with Crippen molar-refractivity contribution in [3.63, 3.8) is 0 Å². The zero-order chi connectivity index (χ0) is 18.9. The topological polar surface area (TPSA) is 72.4 Å². The van der Waals surface area contributed by atoms with E-state index in [0.717, 1.165) is 36.3 Å². The number of ether oxygens (including phenoxy) is 1. The van der Waals surface area contributed by atoms with Crippen molar-refractivity contribution >= 4 is 22.3 Å². The SMILES string of the molecule is O=[NH+]c1ccc2c(c1)OC(c1ccoc1)CN2CCc1c[nH]c2ccccc12. The van der Waals surface area contributed by atoms with E-state index in [4.69, 9.17) is 9.15 Å². The number of fused-ring (bicyclic) bond motifs is 2. The lowest BCUT2D eigenvalue weighted by Gasteiger charge is -2.35. The van der Waals surface area contributed by atoms with E-state index < -0.39 is 0 Å². The van der Waals surface area contributed by atoms with Crippen molar-refractivity contribution in [3.05, 3.63) is 83.3 Å². The monoisotopic (exact) mass is 374 g/mol. The number of nitrogens with one attached hydrogen (secondary N) is 2. The molecule has 0 fully saturated rings. The Balaban J connectivity index is 1.44. The van der Waals surface area contributed by atoms with Gasteiger partial charge in [-0.2, -0.15) is 0 Å². The van der Waals surface area contributed by atoms with Gasteiger partial charge in [-0.1, -0.05) is 18.2 Å². The molecule has 1 aliphatic rings. The maximum atomic E-state index is 11.1. The molecule has 28 heavy (non-hydrogen) atoms. The third-order valence-electron chi connectivity index (χ3n) is 5.31. The smallest absolute Gasteiger partial charge is 0.257 e. The molecule has 0 bridgehead atoms. The number of anilines is 1. The fourth-order valence-corrected chi connectivity index (χ4v) is 3.86. The fraction of sp³-hybridized carbons (Fsp3) is 0.182. The normalized spacial score (nSPS) is 16.0. The van der Waals surface area contributed by atoms with E-state index in [0.29, 0.717) is 11.4 Å². The Morgan fingerprint density at radius 2 is 2.11 bits per heavy atom. The number of nitroso groups, excluding NO2 is 1. The molecule has 1 aliphatic heterocycles. The minimum atomic E-state index is -0.142. The van der Waals surface area contributed by atoms with E-state index in [1.807, 2.05) is 23.4 Å². The van der Waals surface area contributed by atoms with Crippen molar-refractivity contribution < 1.29 is 14.3 Å². The summed E-state index contributed by atoms with van der Waals surface area (Å²) in [7, 11) is 0. The van der Waals surface area contributed by atoms with Gasteiger partial charge < -0.3 is 19.0 Å². The molecule has 1 atom stereocenters. The minimum Gasteiger partial charge on any atom is -0.481 e. The molecule has 140 valence electrons. The van der Waals surface area contributed by atoms with Crippen LogP contribution in [0.1, 0.15) is 17.2 Å². The molecule has 1 unspecified atom stereocenters. The number of hydrogen-bond acceptors (Lipinski definition) is 4. The minimum absolute atomic E-state index is 0.142. The van der Waals surface area contributed by atoms with Crippen LogP contribution in [0.25, 0.3) is 10.9 Å². The molecular formula is C22H20N3O3+. The highest BCUT2D eigenvalue weighted by atomic mass is 16.5. The van der Waals surface area contributed by atoms with Gasteiger partial charge in [-0.05, 0) is 30.2 Å². The van der Waals surface area contributed by atoms with E-state index in [1.54, 1.807) is 24.7 Å². The lowest BCUT2D eigenvalue weighted by molar-refractivity contribution is -0.379. The Morgan fingerprint density at radius 1 is 1.18 bits per heavy atom. The molecule has 0 spiro atoms. The molecule has 6 heteroatoms. The summed E-state index contributed by atoms with van der Waals surface area (Å²) in [5.41, 5.74) is 4.92. The zero-order valence-corrected chi connectivity index (χ0v) is 15.2. The highest BCUT2D eigenvalue weighted by molar-refractivity contribution is 5.83. The second-order valence-corrected chi connectivity index (χ2v) is 7.00. The summed E-state index contributed by atoms with van der Waals surface area (Å²) >= 11 is 0. The van der Waals surface area contributed by atoms with Crippen molar-refractivity contribution in [2.45, 2.75) is 12.5 Å². The Morgan fingerprint density at radius 3 is 2.96 bits per heavy atom. The standard InChI is InChI=1S/C22H19N3O3/c26-24-17-5-6-20-21(11-17)28-22(16-8-10-27-14-16)13-25(20)9-7-15-12-23-19-4-2-1-3-18(15)19/h1-6,8,10-12,14,22-23H,7,9,13H2/p+1. The summed E-state index contributed by atoms with van der Waals surface area (Å²) in [6.45, 7) is 1.57. The van der Waals surface area contributed by atoms with Crippen LogP contribution in [0.15, 0.2) is 71.7 Å². The molecule has 4 aromatic rings. The van der Waals surface area contributed by atoms with Crippen LogP contribution in [-0.4, -0.2) is 18.1 Å². The van der Waals surface area contributed by atoms with Gasteiger partial charge in [0.2, 0.25) is 0 Å². The summed E-state index contributed by atoms with van der Waals surface area (Å²) in [4.78, 5) is 16.7. The van der Waals surface area contributed by atoms with Crippen LogP contribution >= 0.6 is 0 Å². The molecule has 0 saturated heterocycles. The Hall–Kier alpha value is -3.54. The van der Waals surface area contributed by atoms with E-state index in [2.05, 4.69) is 34.3 Å². The van der Waals surface area contributed by atoms with Crippen molar-refractivity contribution in [2.75, 3.05) is 18.0 Å². The van der Waals surface area contributed by atoms with Crippen LogP contribution in [0.5, 0.6) is 5.75 Å². The van der Waals surface area contributed by atoms with Crippen LogP contribution in [0, 0.1) is 4.91 Å². The Kier molecular flexibility index (Phi) is 4.09. The molecule has 0 aliphatic carbocycles. The van der Waals surface area contributed by atoms with Gasteiger partial charge in [0, 0.05) is 45.4 Å². The zero-order valence-electron chi connectivity index (χ0n) is 15.2. The van der Waals surface area contributed by atoms with Crippen molar-refractivity contribution in [1.29, 1.82) is 0 Å². The number of H-pyrrole nitrogens is 1. The number of benzene rings is 2. The van der Waals surface area contributed by atoms with Crippen LogP contribution in [0.4, 0.5) is 11.4 Å². The number of hydrogen-bond donors (Lipinski definition) is 2. The second kappa shape index (κ2) is 6.88. The van der Waals surface area contributed by atoms with Gasteiger partial charge in [0.05, 0.1) is 30.8 Å². The van der Waals surface area contributed by atoms with Crippen LogP contribution in [0.2, 0.25) is 0 Å². The average Bonchev–Trinajstić information content (AvgIpc) is 3.41. The van der Waals surface area contributed by atoms with E-state index in [1.165, 1.54) is 10.9 Å². The van der Waals surface area contributed by atoms with Crippen molar-refractivity contribution in [3.8, 4) is 5.75 Å². The first-order valence-electron chi connectivity index (χ1n) is 9.33. The molecule has 3 heterocycles. The van der Waals surface area contributed by atoms with Gasteiger partial charge in [0.25, 0.3) is 5.69 Å². The Bertz CT molecular complexity index is 1120. The first-order chi connectivity index (χ1) is 13.8. The van der Waals surface area contributed by atoms with Crippen molar-refractivity contribution in [2.24, 2.45) is 0 Å². The number of furan rings is 1. The molecule has 2 aromatic carbocycles. The lowest BCUT2D eigenvalue weighted by Crippen LogP contribution is -2.55. The number of aromatic amines is 1. The van der Waals surface area contributed by atoms with Gasteiger partial charge >= 0.3 is 0 Å².